The Morgan fingerprint density at radius 2 is 1.81 bits per heavy atom. The molecule has 0 radical (unpaired) electrons. The molecular formula is C24H28F2O. The first kappa shape index (κ1) is 18.6. The highest BCUT2D eigenvalue weighted by molar-refractivity contribution is 5.66. The summed E-state index contributed by atoms with van der Waals surface area (Å²) in [6, 6.07) is 11.8. The van der Waals surface area contributed by atoms with Crippen molar-refractivity contribution in [2.45, 2.75) is 64.1 Å². The summed E-state index contributed by atoms with van der Waals surface area (Å²) in [6.07, 6.45) is 5.94. The van der Waals surface area contributed by atoms with Crippen molar-refractivity contribution in [3.05, 3.63) is 58.9 Å². The maximum Gasteiger partial charge on any atom is 0.131 e. The Hall–Kier alpha value is -1.74. The number of hydrogen-bond acceptors (Lipinski definition) is 1. The Balaban J connectivity index is 1.54. The highest BCUT2D eigenvalue weighted by Gasteiger charge is 2.22. The summed E-state index contributed by atoms with van der Waals surface area (Å²) < 4.78 is 33.2. The van der Waals surface area contributed by atoms with Crippen molar-refractivity contribution in [3.8, 4) is 11.1 Å². The van der Waals surface area contributed by atoms with Gasteiger partial charge in [0.05, 0.1) is 19.4 Å². The lowest BCUT2D eigenvalue weighted by atomic mass is 9.79. The van der Waals surface area contributed by atoms with E-state index in [9.17, 15) is 8.78 Å². The molecule has 1 heterocycles. The fraction of sp³-hybridized carbons (Fsp3) is 0.500. The summed E-state index contributed by atoms with van der Waals surface area (Å²) in [6.45, 7) is 2.43. The molecule has 2 aliphatic rings. The number of halogens is 2. The molecule has 0 aromatic heterocycles. The van der Waals surface area contributed by atoms with Crippen molar-refractivity contribution in [2.24, 2.45) is 5.92 Å². The molecule has 4 rings (SSSR count). The van der Waals surface area contributed by atoms with Crippen LogP contribution in [0.25, 0.3) is 11.1 Å². The summed E-state index contributed by atoms with van der Waals surface area (Å²) in [4.78, 5) is 0. The number of ether oxygens (including phenoxy) is 1. The van der Waals surface area contributed by atoms with Crippen LogP contribution in [0.2, 0.25) is 0 Å². The first-order chi connectivity index (χ1) is 13.1. The molecule has 1 saturated carbocycles. The lowest BCUT2D eigenvalue weighted by molar-refractivity contribution is 0.0195. The van der Waals surface area contributed by atoms with Crippen molar-refractivity contribution in [1.82, 2.24) is 0 Å². The molecule has 1 aliphatic heterocycles. The number of fused-ring (bicyclic) bond motifs is 1. The summed E-state index contributed by atoms with van der Waals surface area (Å²) in [5.41, 5.74) is 4.96. The Labute approximate surface area is 160 Å². The third-order valence-corrected chi connectivity index (χ3v) is 6.35. The second-order valence-corrected chi connectivity index (χ2v) is 8.29. The number of rotatable bonds is 4. The molecule has 1 nitrogen and oxygen atoms in total. The van der Waals surface area contributed by atoms with Crippen molar-refractivity contribution >= 4 is 0 Å². The van der Waals surface area contributed by atoms with Crippen LogP contribution in [0.4, 0.5) is 8.78 Å². The van der Waals surface area contributed by atoms with Gasteiger partial charge in [0.25, 0.3) is 0 Å². The maximum absolute atomic E-state index is 14.9. The van der Waals surface area contributed by atoms with Gasteiger partial charge in [0.2, 0.25) is 0 Å². The second kappa shape index (κ2) is 8.10. The van der Waals surface area contributed by atoms with Gasteiger partial charge >= 0.3 is 0 Å². The van der Waals surface area contributed by atoms with Gasteiger partial charge in [-0.1, -0.05) is 44.0 Å². The summed E-state index contributed by atoms with van der Waals surface area (Å²) in [5, 5.41) is 0. The third-order valence-electron chi connectivity index (χ3n) is 6.35. The minimum Gasteiger partial charge on any atom is -0.373 e. The van der Waals surface area contributed by atoms with E-state index in [2.05, 4.69) is 13.0 Å². The molecule has 2 aromatic rings. The topological polar surface area (TPSA) is 9.23 Å². The fourth-order valence-electron chi connectivity index (χ4n) is 4.56. The Morgan fingerprint density at radius 1 is 1.00 bits per heavy atom. The van der Waals surface area contributed by atoms with Gasteiger partial charge in [-0.3, -0.25) is 4.39 Å². The van der Waals surface area contributed by atoms with Crippen LogP contribution in [0.3, 0.4) is 0 Å². The number of benzene rings is 2. The molecule has 144 valence electrons. The molecule has 27 heavy (non-hydrogen) atoms. The lowest BCUT2D eigenvalue weighted by Gasteiger charge is -2.27. The average molecular weight is 370 g/mol. The Kier molecular flexibility index (Phi) is 5.58. The van der Waals surface area contributed by atoms with Gasteiger partial charge in [0.1, 0.15) is 5.82 Å². The minimum absolute atomic E-state index is 0.0393. The SMILES string of the molecule is CC1CCC(c2ccc(-c3ccc4c(c3)COC(CCF)C4)c(F)c2)CC1. The van der Waals surface area contributed by atoms with Gasteiger partial charge in [-0.15, -0.1) is 0 Å². The van der Waals surface area contributed by atoms with Crippen LogP contribution in [0.5, 0.6) is 0 Å². The molecule has 0 amide bonds. The molecule has 1 aliphatic carbocycles. The smallest absolute Gasteiger partial charge is 0.131 e. The first-order valence-corrected chi connectivity index (χ1v) is 10.2. The van der Waals surface area contributed by atoms with Crippen molar-refractivity contribution in [1.29, 1.82) is 0 Å². The molecule has 0 saturated heterocycles. The van der Waals surface area contributed by atoms with Gasteiger partial charge < -0.3 is 4.74 Å². The van der Waals surface area contributed by atoms with Crippen molar-refractivity contribution < 1.29 is 13.5 Å². The predicted octanol–water partition coefficient (Wildman–Crippen LogP) is 6.59. The van der Waals surface area contributed by atoms with E-state index >= 15 is 0 Å². The van der Waals surface area contributed by atoms with Crippen LogP contribution in [0.15, 0.2) is 36.4 Å². The van der Waals surface area contributed by atoms with Gasteiger partial charge in [-0.05, 0) is 65.5 Å². The predicted molar refractivity (Wildman–Crippen MR) is 105 cm³/mol. The molecule has 0 bridgehead atoms. The summed E-state index contributed by atoms with van der Waals surface area (Å²) in [5.74, 6) is 1.15. The lowest BCUT2D eigenvalue weighted by Crippen LogP contribution is -2.22. The largest absolute Gasteiger partial charge is 0.373 e. The van der Waals surface area contributed by atoms with Crippen LogP contribution in [0, 0.1) is 11.7 Å². The quantitative estimate of drug-likeness (QED) is 0.590. The first-order valence-electron chi connectivity index (χ1n) is 10.2. The van der Waals surface area contributed by atoms with E-state index in [1.54, 1.807) is 6.07 Å². The van der Waals surface area contributed by atoms with Gasteiger partial charge in [-0.25, -0.2) is 4.39 Å². The zero-order chi connectivity index (χ0) is 18.8. The van der Waals surface area contributed by atoms with Crippen LogP contribution in [-0.2, 0) is 17.8 Å². The van der Waals surface area contributed by atoms with E-state index in [0.717, 1.165) is 41.9 Å². The molecule has 3 heteroatoms. The van der Waals surface area contributed by atoms with Crippen LogP contribution in [0.1, 0.15) is 61.6 Å². The van der Waals surface area contributed by atoms with Gasteiger partial charge in [0, 0.05) is 12.0 Å². The fourth-order valence-corrected chi connectivity index (χ4v) is 4.56. The van der Waals surface area contributed by atoms with E-state index in [-0.39, 0.29) is 18.6 Å². The van der Waals surface area contributed by atoms with Gasteiger partial charge in [0.15, 0.2) is 0 Å². The van der Waals surface area contributed by atoms with E-state index in [1.807, 2.05) is 24.3 Å². The van der Waals surface area contributed by atoms with Gasteiger partial charge in [-0.2, -0.15) is 0 Å². The minimum atomic E-state index is -0.352. The maximum atomic E-state index is 14.9. The van der Waals surface area contributed by atoms with E-state index in [4.69, 9.17) is 4.74 Å². The molecule has 1 atom stereocenters. The molecule has 0 spiro atoms. The molecule has 2 aromatic carbocycles. The van der Waals surface area contributed by atoms with Crippen molar-refractivity contribution in [3.63, 3.8) is 0 Å². The van der Waals surface area contributed by atoms with Crippen LogP contribution < -0.4 is 0 Å². The summed E-state index contributed by atoms with van der Waals surface area (Å²) in [7, 11) is 0. The number of alkyl halides is 1. The molecule has 1 fully saturated rings. The third kappa shape index (κ3) is 4.08. The highest BCUT2D eigenvalue weighted by Crippen LogP contribution is 2.37. The monoisotopic (exact) mass is 370 g/mol. The Morgan fingerprint density at radius 3 is 2.56 bits per heavy atom. The Bertz CT molecular complexity index is 793. The van der Waals surface area contributed by atoms with E-state index in [0.29, 0.717) is 24.5 Å². The zero-order valence-electron chi connectivity index (χ0n) is 16.0. The van der Waals surface area contributed by atoms with Crippen LogP contribution in [-0.4, -0.2) is 12.8 Å². The standard InChI is InChI=1S/C24H28F2O/c1-16-2-4-17(5-3-16)19-8-9-23(24(26)14-19)20-7-6-18-13-22(10-11-25)27-15-21(18)12-20/h6-9,12,14,16-17,22H,2-5,10-11,13,15H2,1H3. The molecule has 1 unspecified atom stereocenters. The normalized spacial score (nSPS) is 25.2. The molecule has 0 N–H and O–H groups in total. The molecular weight excluding hydrogens is 342 g/mol. The average Bonchev–Trinajstić information content (AvgIpc) is 2.68. The van der Waals surface area contributed by atoms with E-state index in [1.165, 1.54) is 18.4 Å². The highest BCUT2D eigenvalue weighted by atomic mass is 19.1. The number of hydrogen-bond donors (Lipinski definition) is 0. The van der Waals surface area contributed by atoms with Crippen molar-refractivity contribution in [2.75, 3.05) is 6.67 Å². The van der Waals surface area contributed by atoms with Crippen LogP contribution >= 0.6 is 0 Å². The van der Waals surface area contributed by atoms with E-state index < -0.39 is 0 Å². The second-order valence-electron chi connectivity index (χ2n) is 8.29. The zero-order valence-corrected chi connectivity index (χ0v) is 16.0. The summed E-state index contributed by atoms with van der Waals surface area (Å²) >= 11 is 0.